The van der Waals surface area contributed by atoms with E-state index in [2.05, 4.69) is 5.32 Å². The second kappa shape index (κ2) is 9.62. The molecule has 2 rings (SSSR count). The predicted octanol–water partition coefficient (Wildman–Crippen LogP) is 3.08. The van der Waals surface area contributed by atoms with Gasteiger partial charge in [0.2, 0.25) is 15.9 Å². The molecular weight excluding hydrogens is 388 g/mol. The lowest BCUT2D eigenvalue weighted by molar-refractivity contribution is -0.122. The van der Waals surface area contributed by atoms with Crippen LogP contribution >= 0.6 is 11.6 Å². The van der Waals surface area contributed by atoms with Crippen LogP contribution < -0.4 is 14.4 Å². The molecule has 0 aliphatic carbocycles. The number of hydrogen-bond acceptors (Lipinski definition) is 4. The van der Waals surface area contributed by atoms with E-state index < -0.39 is 16.1 Å². The minimum atomic E-state index is -3.68. The molecular formula is C19H23ClN2O4S. The fourth-order valence-corrected chi connectivity index (χ4v) is 4.04. The monoisotopic (exact) mass is 410 g/mol. The molecule has 27 heavy (non-hydrogen) atoms. The van der Waals surface area contributed by atoms with Crippen molar-refractivity contribution >= 4 is 33.2 Å². The van der Waals surface area contributed by atoms with Crippen LogP contribution in [0.2, 0.25) is 5.02 Å². The van der Waals surface area contributed by atoms with Gasteiger partial charge in [-0.3, -0.25) is 9.10 Å². The Bertz CT molecular complexity index is 859. The summed E-state index contributed by atoms with van der Waals surface area (Å²) in [6.45, 7) is 2.30. The van der Waals surface area contributed by atoms with E-state index >= 15 is 0 Å². The van der Waals surface area contributed by atoms with Gasteiger partial charge in [0.05, 0.1) is 18.5 Å². The molecule has 0 saturated carbocycles. The van der Waals surface area contributed by atoms with Crippen molar-refractivity contribution in [3.05, 3.63) is 59.6 Å². The molecule has 0 spiro atoms. The number of halogens is 1. The lowest BCUT2D eigenvalue weighted by Crippen LogP contribution is -2.50. The maximum absolute atomic E-state index is 12.6. The van der Waals surface area contributed by atoms with Crippen LogP contribution in [0, 0.1) is 0 Å². The van der Waals surface area contributed by atoms with E-state index in [1.54, 1.807) is 25.1 Å². The van der Waals surface area contributed by atoms with E-state index in [1.807, 2.05) is 30.3 Å². The van der Waals surface area contributed by atoms with Gasteiger partial charge in [-0.2, -0.15) is 0 Å². The fraction of sp³-hybridized carbons (Fsp3) is 0.316. The molecule has 2 aromatic carbocycles. The third kappa shape index (κ3) is 6.15. The van der Waals surface area contributed by atoms with E-state index in [4.69, 9.17) is 16.3 Å². The fourth-order valence-electron chi connectivity index (χ4n) is 2.65. The maximum Gasteiger partial charge on any atom is 0.244 e. The van der Waals surface area contributed by atoms with Crippen molar-refractivity contribution < 1.29 is 17.9 Å². The summed E-state index contributed by atoms with van der Waals surface area (Å²) >= 11 is 5.99. The summed E-state index contributed by atoms with van der Waals surface area (Å²) in [4.78, 5) is 12.6. The van der Waals surface area contributed by atoms with Gasteiger partial charge in [-0.05, 0) is 36.8 Å². The van der Waals surface area contributed by atoms with Crippen LogP contribution in [0.15, 0.2) is 54.6 Å². The second-order valence-electron chi connectivity index (χ2n) is 5.92. The van der Waals surface area contributed by atoms with Gasteiger partial charge in [0.25, 0.3) is 0 Å². The number of hydrogen-bond donors (Lipinski definition) is 1. The van der Waals surface area contributed by atoms with E-state index in [9.17, 15) is 13.2 Å². The number of amides is 1. The lowest BCUT2D eigenvalue weighted by atomic mass is 10.2. The summed E-state index contributed by atoms with van der Waals surface area (Å²) in [5, 5.41) is 3.13. The highest BCUT2D eigenvalue weighted by atomic mass is 35.5. The van der Waals surface area contributed by atoms with Crippen molar-refractivity contribution in [2.45, 2.75) is 19.4 Å². The summed E-state index contributed by atoms with van der Waals surface area (Å²) in [7, 11) is -3.68. The number of para-hydroxylation sites is 1. The Labute approximate surface area is 165 Å². The predicted molar refractivity (Wildman–Crippen MR) is 108 cm³/mol. The van der Waals surface area contributed by atoms with Crippen LogP contribution in [0.5, 0.6) is 5.75 Å². The molecule has 2 aromatic rings. The first kappa shape index (κ1) is 21.1. The van der Waals surface area contributed by atoms with Gasteiger partial charge in [-0.15, -0.1) is 0 Å². The highest BCUT2D eigenvalue weighted by Crippen LogP contribution is 2.25. The number of nitrogens with one attached hydrogen (secondary N) is 1. The van der Waals surface area contributed by atoms with Gasteiger partial charge in [0.1, 0.15) is 18.4 Å². The van der Waals surface area contributed by atoms with Crippen molar-refractivity contribution in [2.75, 3.05) is 23.7 Å². The number of nitrogens with zero attached hydrogens (tertiary/aromatic N) is 1. The SMILES string of the molecule is CCC(C(=O)NCCOc1ccccc1)N(c1cccc(Cl)c1)S(C)(=O)=O. The summed E-state index contributed by atoms with van der Waals surface area (Å²) < 4.78 is 31.3. The first-order valence-electron chi connectivity index (χ1n) is 8.53. The van der Waals surface area contributed by atoms with Crippen molar-refractivity contribution in [3.63, 3.8) is 0 Å². The zero-order valence-electron chi connectivity index (χ0n) is 15.3. The minimum absolute atomic E-state index is 0.261. The number of anilines is 1. The van der Waals surface area contributed by atoms with Crippen LogP contribution in [0.4, 0.5) is 5.69 Å². The number of carbonyl (C=O) groups is 1. The zero-order valence-corrected chi connectivity index (χ0v) is 16.8. The molecule has 0 aromatic heterocycles. The number of ether oxygens (including phenoxy) is 1. The van der Waals surface area contributed by atoms with Crippen molar-refractivity contribution in [2.24, 2.45) is 0 Å². The highest BCUT2D eigenvalue weighted by Gasteiger charge is 2.31. The van der Waals surface area contributed by atoms with E-state index in [-0.39, 0.29) is 19.1 Å². The standard InChI is InChI=1S/C19H23ClN2O4S/c1-3-18(19(23)21-12-13-26-17-10-5-4-6-11-17)22(27(2,24)25)16-9-7-8-15(20)14-16/h4-11,14,18H,3,12-13H2,1-2H3,(H,21,23). The third-order valence-electron chi connectivity index (χ3n) is 3.81. The molecule has 0 saturated heterocycles. The first-order chi connectivity index (χ1) is 12.8. The Balaban J connectivity index is 2.06. The van der Waals surface area contributed by atoms with Crippen LogP contribution in [-0.2, 0) is 14.8 Å². The Hall–Kier alpha value is -2.25. The Morgan fingerprint density at radius 3 is 2.48 bits per heavy atom. The molecule has 0 aliphatic heterocycles. The van der Waals surface area contributed by atoms with E-state index in [1.165, 1.54) is 6.07 Å². The molecule has 0 radical (unpaired) electrons. The van der Waals surface area contributed by atoms with Crippen molar-refractivity contribution in [3.8, 4) is 5.75 Å². The quantitative estimate of drug-likeness (QED) is 0.644. The van der Waals surface area contributed by atoms with Crippen molar-refractivity contribution in [1.29, 1.82) is 0 Å². The molecule has 1 N–H and O–H groups in total. The average molecular weight is 411 g/mol. The normalized spacial score (nSPS) is 12.3. The van der Waals surface area contributed by atoms with E-state index in [0.717, 1.165) is 10.6 Å². The number of rotatable bonds is 9. The Morgan fingerprint density at radius 1 is 1.19 bits per heavy atom. The Kier molecular flexibility index (Phi) is 7.50. The molecule has 1 unspecified atom stereocenters. The number of carbonyl (C=O) groups excluding carboxylic acids is 1. The van der Waals surface area contributed by atoms with Gasteiger partial charge in [-0.1, -0.05) is 42.8 Å². The minimum Gasteiger partial charge on any atom is -0.492 e. The van der Waals surface area contributed by atoms with Crippen LogP contribution in [0.3, 0.4) is 0 Å². The molecule has 1 amide bonds. The highest BCUT2D eigenvalue weighted by molar-refractivity contribution is 7.92. The lowest BCUT2D eigenvalue weighted by Gasteiger charge is -2.30. The molecule has 0 bridgehead atoms. The van der Waals surface area contributed by atoms with Crippen LogP contribution in [0.1, 0.15) is 13.3 Å². The summed E-state index contributed by atoms with van der Waals surface area (Å²) in [5.74, 6) is 0.315. The molecule has 1 atom stereocenters. The van der Waals surface area contributed by atoms with Gasteiger partial charge in [-0.25, -0.2) is 8.42 Å². The molecule has 146 valence electrons. The molecule has 6 nitrogen and oxygen atoms in total. The summed E-state index contributed by atoms with van der Waals surface area (Å²) in [6, 6.07) is 14.8. The number of sulfonamides is 1. The smallest absolute Gasteiger partial charge is 0.244 e. The number of benzene rings is 2. The van der Waals surface area contributed by atoms with Crippen LogP contribution in [0.25, 0.3) is 0 Å². The van der Waals surface area contributed by atoms with Gasteiger partial charge >= 0.3 is 0 Å². The van der Waals surface area contributed by atoms with Gasteiger partial charge in [0, 0.05) is 5.02 Å². The Morgan fingerprint density at radius 2 is 1.89 bits per heavy atom. The second-order valence-corrected chi connectivity index (χ2v) is 8.21. The molecule has 8 heteroatoms. The first-order valence-corrected chi connectivity index (χ1v) is 10.8. The summed E-state index contributed by atoms with van der Waals surface area (Å²) in [5.41, 5.74) is 0.354. The largest absolute Gasteiger partial charge is 0.492 e. The van der Waals surface area contributed by atoms with Gasteiger partial charge < -0.3 is 10.1 Å². The van der Waals surface area contributed by atoms with Crippen molar-refractivity contribution in [1.82, 2.24) is 5.32 Å². The van der Waals surface area contributed by atoms with Gasteiger partial charge in [0.15, 0.2) is 0 Å². The molecule has 0 fully saturated rings. The molecule has 0 heterocycles. The third-order valence-corrected chi connectivity index (χ3v) is 5.22. The molecule has 0 aliphatic rings. The average Bonchev–Trinajstić information content (AvgIpc) is 2.62. The maximum atomic E-state index is 12.6. The zero-order chi connectivity index (χ0) is 19.9. The summed E-state index contributed by atoms with van der Waals surface area (Å²) in [6.07, 6.45) is 1.38. The topological polar surface area (TPSA) is 75.7 Å². The van der Waals surface area contributed by atoms with E-state index in [0.29, 0.717) is 22.9 Å². The van der Waals surface area contributed by atoms with Crippen LogP contribution in [-0.4, -0.2) is 39.8 Å².